The first-order valence-electron chi connectivity index (χ1n) is 29.8. The lowest BCUT2D eigenvalue weighted by molar-refractivity contribution is -0.145. The van der Waals surface area contributed by atoms with E-state index in [0.29, 0.717) is 131 Å². The third-order valence-corrected chi connectivity index (χ3v) is 15.7. The molecule has 0 N–H and O–H groups in total. The van der Waals surface area contributed by atoms with Crippen LogP contribution in [0, 0.1) is 23.7 Å². The van der Waals surface area contributed by atoms with Crippen molar-refractivity contribution in [2.24, 2.45) is 28.8 Å². The van der Waals surface area contributed by atoms with Crippen LogP contribution in [0.1, 0.15) is 128 Å². The van der Waals surface area contributed by atoms with Crippen molar-refractivity contribution in [2.45, 2.75) is 122 Å². The van der Waals surface area contributed by atoms with Gasteiger partial charge < -0.3 is 42.6 Å². The number of nitrogens with zero attached hydrogens (tertiary/aromatic N) is 3. The average molecular weight is 1190 g/mol. The second-order valence-electron chi connectivity index (χ2n) is 21.0. The summed E-state index contributed by atoms with van der Waals surface area (Å²) < 4.78 is 52.2. The van der Waals surface area contributed by atoms with Gasteiger partial charge in [0, 0.05) is 24.3 Å². The van der Waals surface area contributed by atoms with Crippen LogP contribution in [0.4, 0.5) is 5.13 Å². The molecule has 0 atom stereocenters. The summed E-state index contributed by atoms with van der Waals surface area (Å²) in [7, 11) is 0. The molecule has 454 valence electrons. The Kier molecular flexibility index (Phi) is 26.9. The summed E-state index contributed by atoms with van der Waals surface area (Å²) in [5.74, 6) is -1.58. The molecule has 0 bridgehead atoms. The first-order valence-corrected chi connectivity index (χ1v) is 30.6. The van der Waals surface area contributed by atoms with Crippen molar-refractivity contribution in [1.29, 1.82) is 0 Å². The summed E-state index contributed by atoms with van der Waals surface area (Å²) in [6, 6.07) is 26.5. The minimum absolute atomic E-state index is 0.213. The number of rotatable bonds is 35. The van der Waals surface area contributed by atoms with Gasteiger partial charge >= 0.3 is 35.8 Å². The highest BCUT2D eigenvalue weighted by Gasteiger charge is 2.34. The van der Waals surface area contributed by atoms with E-state index in [0.717, 1.165) is 86.6 Å². The number of hydrazone groups is 1. The van der Waals surface area contributed by atoms with Crippen LogP contribution in [0.15, 0.2) is 121 Å². The van der Waals surface area contributed by atoms with Gasteiger partial charge in [-0.25, -0.2) is 19.6 Å². The number of esters is 6. The summed E-state index contributed by atoms with van der Waals surface area (Å²) in [5, 5.41) is 7.26. The number of hydrogen-bond donors (Lipinski definition) is 0. The predicted octanol–water partition coefficient (Wildman–Crippen LogP) is 12.9. The van der Waals surface area contributed by atoms with E-state index >= 15 is 0 Å². The molecule has 0 unspecified atom stereocenters. The molecular weight excluding hydrogens is 1110 g/mol. The van der Waals surface area contributed by atoms with Gasteiger partial charge in [-0.3, -0.25) is 19.2 Å². The molecule has 2 aliphatic carbocycles. The highest BCUT2D eigenvalue weighted by atomic mass is 32.1. The minimum atomic E-state index is -0.480. The number of ether oxygens (including phenoxy) is 9. The lowest BCUT2D eigenvalue weighted by Gasteiger charge is -2.26. The third kappa shape index (κ3) is 21.9. The summed E-state index contributed by atoms with van der Waals surface area (Å²) in [6.07, 6.45) is 16.2. The molecule has 5 aromatic rings. The zero-order valence-electron chi connectivity index (χ0n) is 48.7. The first kappa shape index (κ1) is 64.7. The normalized spacial score (nSPS) is 16.6. The largest absolute Gasteiger partial charge is 0.494 e. The number of carbonyl (C=O) groups excluding carboxylic acids is 6. The quantitative estimate of drug-likeness (QED) is 0.00921. The molecule has 1 heterocycles. The highest BCUT2D eigenvalue weighted by Crippen LogP contribution is 2.36. The van der Waals surface area contributed by atoms with Gasteiger partial charge in [0.2, 0.25) is 5.13 Å². The zero-order valence-corrected chi connectivity index (χ0v) is 49.5. The molecule has 1 aromatic heterocycles. The van der Waals surface area contributed by atoms with E-state index in [2.05, 4.69) is 20.1 Å². The Balaban J connectivity index is 0.916. The summed E-state index contributed by atoms with van der Waals surface area (Å²) >= 11 is 1.49. The Morgan fingerprint density at radius 3 is 1.46 bits per heavy atom. The van der Waals surface area contributed by atoms with E-state index in [9.17, 15) is 28.8 Å². The van der Waals surface area contributed by atoms with Crippen LogP contribution in [0.5, 0.6) is 34.5 Å². The second-order valence-corrected chi connectivity index (χ2v) is 22.0. The molecule has 4 aromatic carbocycles. The summed E-state index contributed by atoms with van der Waals surface area (Å²) in [6.45, 7) is 12.1. The number of fused-ring (bicyclic) bond motifs is 1. The van der Waals surface area contributed by atoms with Crippen LogP contribution >= 0.6 is 11.3 Å². The smallest absolute Gasteiger partial charge is 0.330 e. The Bertz CT molecular complexity index is 2950. The van der Waals surface area contributed by atoms with Crippen LogP contribution in [0.25, 0.3) is 10.2 Å². The van der Waals surface area contributed by atoms with Gasteiger partial charge in [-0.15, -0.1) is 0 Å². The fraction of sp³-hybridized carbons (Fsp3) is 0.455. The van der Waals surface area contributed by atoms with E-state index < -0.39 is 41.6 Å². The molecule has 2 fully saturated rings. The molecule has 2 saturated carbocycles. The molecule has 18 nitrogen and oxygen atoms in total. The van der Waals surface area contributed by atoms with Crippen molar-refractivity contribution in [3.8, 4) is 34.5 Å². The van der Waals surface area contributed by atoms with Crippen LogP contribution in [0.3, 0.4) is 0 Å². The lowest BCUT2D eigenvalue weighted by atomic mass is 9.82. The number of carbonyl (C=O) groups is 6. The number of hydrogen-bond acceptors (Lipinski definition) is 19. The molecular formula is C66H79N3O15S. The minimum Gasteiger partial charge on any atom is -0.494 e. The van der Waals surface area contributed by atoms with Gasteiger partial charge in [0.05, 0.1) is 79.7 Å². The van der Waals surface area contributed by atoms with Crippen molar-refractivity contribution in [3.05, 3.63) is 122 Å². The summed E-state index contributed by atoms with van der Waals surface area (Å²) in [4.78, 5) is 81.5. The maximum Gasteiger partial charge on any atom is 0.330 e. The van der Waals surface area contributed by atoms with Crippen LogP contribution < -0.4 is 33.4 Å². The fourth-order valence-electron chi connectivity index (χ4n) is 9.67. The Labute approximate surface area is 501 Å². The molecule has 0 aliphatic heterocycles. The van der Waals surface area contributed by atoms with Crippen molar-refractivity contribution < 1.29 is 71.4 Å². The molecule has 2 aliphatic rings. The number of para-hydroxylation sites is 1. The van der Waals surface area contributed by atoms with E-state index in [1.165, 1.54) is 11.3 Å². The molecule has 0 spiro atoms. The maximum atomic E-state index is 14.0. The van der Waals surface area contributed by atoms with Gasteiger partial charge in [-0.05, 0) is 188 Å². The average Bonchev–Trinajstić information content (AvgIpc) is 4.18. The molecule has 0 saturated heterocycles. The molecule has 0 amide bonds. The van der Waals surface area contributed by atoms with Gasteiger partial charge in [0.25, 0.3) is 0 Å². The number of benzene rings is 4. The standard InChI is InChI=1S/C66H79N3O15S/c1-4-7-39-76-44-38-69(66-68-57-18-12-13-19-59(57)85-66)67-46-51-45-56(83-64(74)49-22-20-47(21-23-49)62(72)81-54-32-28-52(29-33-54)77-40-14-8-10-16-42-79-60(70)5-2)36-37-58(51)84-65(75)50-26-24-48(25-27-50)63(73)82-55-34-30-53(31-35-55)78-41-15-9-11-17-43-80-61(71)6-3/h5-6,12-13,18-19,28-37,45-50H,2-4,7-11,14-17,20-27,38-44H2,1H3/b67-46-/t47-,48-,49-,50-. The number of anilines is 1. The SMILES string of the molecule is C=CC(=O)OCCCCCCOc1ccc(OC(=O)[C@H]2CC[C@H](C(=O)Oc3ccc(OC(=O)[C@H]4CC[C@H](C(=O)Oc5ccc(OCCCCCCOC(=O)C=C)cc5)CC4)c(/C=N\N(CCOCCCC)c4nc5ccccc5s4)c3)CC2)cc1. The van der Waals surface area contributed by atoms with E-state index in [1.807, 2.05) is 24.3 Å². The second kappa shape index (κ2) is 35.4. The molecule has 0 radical (unpaired) electrons. The number of unbranched alkanes of at least 4 members (excludes halogenated alkanes) is 7. The van der Waals surface area contributed by atoms with E-state index in [-0.39, 0.29) is 29.4 Å². The van der Waals surface area contributed by atoms with E-state index in [4.69, 9.17) is 52.7 Å². The van der Waals surface area contributed by atoms with Gasteiger partial charge in [-0.1, -0.05) is 50.0 Å². The maximum absolute atomic E-state index is 14.0. The van der Waals surface area contributed by atoms with Crippen molar-refractivity contribution in [3.63, 3.8) is 0 Å². The lowest BCUT2D eigenvalue weighted by Crippen LogP contribution is -2.30. The van der Waals surface area contributed by atoms with Crippen molar-refractivity contribution >= 4 is 68.7 Å². The molecule has 19 heteroatoms. The van der Waals surface area contributed by atoms with Crippen LogP contribution in [-0.4, -0.2) is 93.2 Å². The third-order valence-electron chi connectivity index (χ3n) is 14.6. The predicted molar refractivity (Wildman–Crippen MR) is 323 cm³/mol. The topological polar surface area (TPSA) is 214 Å². The number of thiazole rings is 1. The Morgan fingerprint density at radius 1 is 0.529 bits per heavy atom. The van der Waals surface area contributed by atoms with Gasteiger partial charge in [0.1, 0.15) is 34.5 Å². The van der Waals surface area contributed by atoms with Gasteiger partial charge in [-0.2, -0.15) is 5.10 Å². The van der Waals surface area contributed by atoms with Gasteiger partial charge in [0.15, 0.2) is 0 Å². The van der Waals surface area contributed by atoms with Crippen molar-refractivity contribution in [2.75, 3.05) is 51.2 Å². The van der Waals surface area contributed by atoms with Crippen LogP contribution in [0.2, 0.25) is 0 Å². The van der Waals surface area contributed by atoms with Crippen LogP contribution in [-0.2, 0) is 43.0 Å². The monoisotopic (exact) mass is 1190 g/mol. The molecule has 7 rings (SSSR count). The first-order chi connectivity index (χ1) is 41.5. The Hall–Kier alpha value is -7.90. The zero-order chi connectivity index (χ0) is 60.0. The Morgan fingerprint density at radius 2 is 0.976 bits per heavy atom. The number of aromatic nitrogens is 1. The molecule has 85 heavy (non-hydrogen) atoms. The highest BCUT2D eigenvalue weighted by molar-refractivity contribution is 7.22. The fourth-order valence-corrected chi connectivity index (χ4v) is 10.6. The summed E-state index contributed by atoms with van der Waals surface area (Å²) in [5.41, 5.74) is 1.21. The van der Waals surface area contributed by atoms with E-state index in [1.54, 1.807) is 78.0 Å². The van der Waals surface area contributed by atoms with Crippen molar-refractivity contribution in [1.82, 2.24) is 4.98 Å².